The zero-order valence-electron chi connectivity index (χ0n) is 20.6. The average Bonchev–Trinajstić information content (AvgIpc) is 3.82. The quantitative estimate of drug-likeness (QED) is 0.241. The Morgan fingerprint density at radius 2 is 1.81 bits per heavy atom. The van der Waals surface area contributed by atoms with Gasteiger partial charge in [-0.15, -0.1) is 5.10 Å². The maximum atomic E-state index is 13.4. The summed E-state index contributed by atoms with van der Waals surface area (Å²) in [6.07, 6.45) is 6.16. The molecule has 3 aliphatic rings. The molecule has 198 valence electrons. The summed E-state index contributed by atoms with van der Waals surface area (Å²) in [6.45, 7) is 1.48. The number of hydrogen-bond donors (Lipinski definition) is 3. The second-order valence-corrected chi connectivity index (χ2v) is 12.1. The molecule has 2 heterocycles. The smallest absolute Gasteiger partial charge is 0.290 e. The van der Waals surface area contributed by atoms with Gasteiger partial charge < -0.3 is 14.8 Å². The van der Waals surface area contributed by atoms with Crippen LogP contribution in [0.5, 0.6) is 5.88 Å². The van der Waals surface area contributed by atoms with Gasteiger partial charge >= 0.3 is 0 Å². The number of hydrogen-bond acceptors (Lipinski definition) is 9. The molecule has 12 nitrogen and oxygen atoms in total. The first-order valence-corrected chi connectivity index (χ1v) is 13.8. The molecule has 3 saturated carbocycles. The fourth-order valence-corrected chi connectivity index (χ4v) is 6.48. The molecule has 2 spiro atoms. The summed E-state index contributed by atoms with van der Waals surface area (Å²) < 4.78 is 39.8. The van der Waals surface area contributed by atoms with Crippen LogP contribution in [0.3, 0.4) is 0 Å². The van der Waals surface area contributed by atoms with E-state index in [1.165, 1.54) is 39.6 Å². The molecule has 2 aromatic heterocycles. The number of amides is 1. The molecule has 2 aromatic rings. The van der Waals surface area contributed by atoms with Crippen molar-refractivity contribution in [2.45, 2.75) is 50.0 Å². The van der Waals surface area contributed by atoms with Crippen molar-refractivity contribution in [3.05, 3.63) is 47.1 Å². The second kappa shape index (κ2) is 9.37. The number of pyridine rings is 1. The van der Waals surface area contributed by atoms with Gasteiger partial charge in [0.1, 0.15) is 17.0 Å². The third kappa shape index (κ3) is 4.71. The third-order valence-corrected chi connectivity index (χ3v) is 9.51. The van der Waals surface area contributed by atoms with E-state index in [9.17, 15) is 13.2 Å². The number of carbonyl (C=O) groups is 1. The molecule has 0 aliphatic heterocycles. The minimum Gasteiger partial charge on any atom is -0.481 e. The molecule has 5 rings (SSSR count). The number of methoxy groups -OCH3 is 2. The van der Waals surface area contributed by atoms with Gasteiger partial charge in [0.2, 0.25) is 21.9 Å². The van der Waals surface area contributed by atoms with Crippen LogP contribution >= 0.6 is 11.6 Å². The predicted molar refractivity (Wildman–Crippen MR) is 134 cm³/mol. The highest BCUT2D eigenvalue weighted by molar-refractivity contribution is 7.90. The van der Waals surface area contributed by atoms with Crippen LogP contribution in [0.2, 0.25) is 5.02 Å². The van der Waals surface area contributed by atoms with E-state index in [0.717, 1.165) is 25.7 Å². The van der Waals surface area contributed by atoms with Gasteiger partial charge in [0, 0.05) is 31.6 Å². The maximum absolute atomic E-state index is 13.4. The molecular formula is C23H28ClN7O5S. The van der Waals surface area contributed by atoms with Crippen LogP contribution < -0.4 is 20.2 Å². The number of ether oxygens (including phenoxy) is 2. The Morgan fingerprint density at radius 3 is 2.38 bits per heavy atom. The molecular weight excluding hydrogens is 522 g/mol. The highest BCUT2D eigenvalue weighted by Crippen LogP contribution is 2.88. The lowest BCUT2D eigenvalue weighted by Crippen LogP contribution is -2.48. The van der Waals surface area contributed by atoms with E-state index in [-0.39, 0.29) is 40.2 Å². The first kappa shape index (κ1) is 25.6. The molecule has 0 aromatic carbocycles. The molecule has 0 bridgehead atoms. The zero-order chi connectivity index (χ0) is 26.4. The van der Waals surface area contributed by atoms with E-state index in [1.54, 1.807) is 12.1 Å². The SMILES string of the molecule is COc1cccc(C(=O)N/N=C(\NC2C3(CC3)C23CC3)NS(=O)(=O)[C@@H](C)[C@H](OC)c2ncc(Cl)cn2)n1. The minimum atomic E-state index is -4.07. The molecule has 1 amide bonds. The Morgan fingerprint density at radius 1 is 1.16 bits per heavy atom. The van der Waals surface area contributed by atoms with Gasteiger partial charge in [-0.25, -0.2) is 28.8 Å². The monoisotopic (exact) mass is 549 g/mol. The molecule has 0 radical (unpaired) electrons. The number of halogens is 1. The van der Waals surface area contributed by atoms with Gasteiger partial charge in [-0.2, -0.15) is 0 Å². The fourth-order valence-electron chi connectivity index (χ4n) is 5.26. The van der Waals surface area contributed by atoms with Crippen molar-refractivity contribution in [2.24, 2.45) is 15.9 Å². The van der Waals surface area contributed by atoms with Crippen LogP contribution in [-0.2, 0) is 14.8 Å². The van der Waals surface area contributed by atoms with E-state index < -0.39 is 27.3 Å². The fraction of sp³-hybridized carbons (Fsp3) is 0.522. The van der Waals surface area contributed by atoms with Gasteiger partial charge in [0.05, 0.1) is 12.1 Å². The van der Waals surface area contributed by atoms with Gasteiger partial charge in [-0.3, -0.25) is 9.52 Å². The number of hydrazone groups is 1. The van der Waals surface area contributed by atoms with Crippen molar-refractivity contribution in [2.75, 3.05) is 14.2 Å². The molecule has 2 atom stereocenters. The predicted octanol–water partition coefficient (Wildman–Crippen LogP) is 1.76. The number of fused-ring (bicyclic) bond motifs is 1. The Kier molecular flexibility index (Phi) is 6.49. The summed E-state index contributed by atoms with van der Waals surface area (Å²) >= 11 is 5.86. The van der Waals surface area contributed by atoms with Crippen LogP contribution in [0, 0.1) is 10.8 Å². The van der Waals surface area contributed by atoms with Crippen molar-refractivity contribution in [1.82, 2.24) is 30.4 Å². The van der Waals surface area contributed by atoms with Gasteiger partial charge in [-0.1, -0.05) is 17.7 Å². The summed E-state index contributed by atoms with van der Waals surface area (Å²) in [4.78, 5) is 25.0. The molecule has 3 N–H and O–H groups in total. The maximum Gasteiger partial charge on any atom is 0.290 e. The molecule has 14 heteroatoms. The number of carbonyl (C=O) groups excluding carboxylic acids is 1. The average molecular weight is 550 g/mol. The van der Waals surface area contributed by atoms with E-state index >= 15 is 0 Å². The van der Waals surface area contributed by atoms with E-state index in [2.05, 4.69) is 35.5 Å². The summed E-state index contributed by atoms with van der Waals surface area (Å²) in [5.41, 5.74) is 2.87. The van der Waals surface area contributed by atoms with Gasteiger partial charge in [0.25, 0.3) is 5.91 Å². The van der Waals surface area contributed by atoms with Crippen LogP contribution in [0.15, 0.2) is 35.7 Å². The van der Waals surface area contributed by atoms with E-state index in [1.807, 2.05) is 0 Å². The van der Waals surface area contributed by atoms with Crippen LogP contribution in [0.1, 0.15) is 55.0 Å². The first-order chi connectivity index (χ1) is 17.7. The summed E-state index contributed by atoms with van der Waals surface area (Å²) in [5, 5.41) is 6.57. The number of guanidine groups is 1. The lowest BCUT2D eigenvalue weighted by atomic mass is 10.2. The summed E-state index contributed by atoms with van der Waals surface area (Å²) in [7, 11) is -1.25. The third-order valence-electron chi connectivity index (χ3n) is 7.61. The summed E-state index contributed by atoms with van der Waals surface area (Å²) in [5.74, 6) is -0.253. The Balaban J connectivity index is 1.36. The Bertz CT molecular complexity index is 1310. The van der Waals surface area contributed by atoms with Crippen molar-refractivity contribution in [3.63, 3.8) is 0 Å². The normalized spacial score (nSPS) is 20.7. The lowest BCUT2D eigenvalue weighted by Gasteiger charge is -2.23. The second-order valence-electron chi connectivity index (χ2n) is 9.62. The zero-order valence-corrected chi connectivity index (χ0v) is 22.1. The Hall–Kier alpha value is -3.03. The highest BCUT2D eigenvalue weighted by atomic mass is 35.5. The van der Waals surface area contributed by atoms with Crippen LogP contribution in [0.4, 0.5) is 0 Å². The standard InChI is InChI=1S/C23H28ClN7O5S/c1-13(17(36-3)18-25-11-14(24)12-26-18)37(33,34)31-21(28-20-22(7-8-22)23(20)9-10-23)30-29-19(32)15-5-4-6-16(27-15)35-2/h4-6,11-13,17,20H,7-10H2,1-3H3,(H,29,32)(H2,28,30,31)/t13-,17-/m0/s1. The highest BCUT2D eigenvalue weighted by Gasteiger charge is 2.87. The molecule has 3 fully saturated rings. The number of rotatable bonds is 9. The molecule has 0 saturated heterocycles. The molecule has 0 unspecified atom stereocenters. The lowest BCUT2D eigenvalue weighted by molar-refractivity contribution is 0.0943. The van der Waals surface area contributed by atoms with Crippen LogP contribution in [0.25, 0.3) is 0 Å². The van der Waals surface area contributed by atoms with E-state index in [0.29, 0.717) is 5.02 Å². The molecule has 3 aliphatic carbocycles. The van der Waals surface area contributed by atoms with Crippen molar-refractivity contribution in [3.8, 4) is 5.88 Å². The van der Waals surface area contributed by atoms with Gasteiger partial charge in [-0.05, 0) is 49.5 Å². The van der Waals surface area contributed by atoms with Gasteiger partial charge in [0.15, 0.2) is 5.82 Å². The summed E-state index contributed by atoms with van der Waals surface area (Å²) in [6, 6.07) is 4.83. The first-order valence-electron chi connectivity index (χ1n) is 11.8. The minimum absolute atomic E-state index is 0.0711. The number of aromatic nitrogens is 3. The number of nitrogens with one attached hydrogen (secondary N) is 3. The number of sulfonamides is 1. The van der Waals surface area contributed by atoms with Crippen LogP contribution in [-0.4, -0.2) is 60.7 Å². The Labute approximate surface area is 219 Å². The van der Waals surface area contributed by atoms with E-state index in [4.69, 9.17) is 21.1 Å². The van der Waals surface area contributed by atoms with Crippen molar-refractivity contribution >= 4 is 33.5 Å². The van der Waals surface area contributed by atoms with Crippen molar-refractivity contribution in [1.29, 1.82) is 0 Å². The molecule has 37 heavy (non-hydrogen) atoms. The largest absolute Gasteiger partial charge is 0.481 e. The topological polar surface area (TPSA) is 157 Å². The van der Waals surface area contributed by atoms with Crippen molar-refractivity contribution < 1.29 is 22.7 Å². The number of nitrogens with zero attached hydrogens (tertiary/aromatic N) is 4.